The van der Waals surface area contributed by atoms with E-state index in [0.717, 1.165) is 33.9 Å². The van der Waals surface area contributed by atoms with Crippen molar-refractivity contribution >= 4 is 11.7 Å². The molecule has 0 atom stereocenters. The molecule has 2 aromatic heterocycles. The smallest absolute Gasteiger partial charge is 0.252 e. The molecule has 0 radical (unpaired) electrons. The summed E-state index contributed by atoms with van der Waals surface area (Å²) < 4.78 is 2.08. The second-order valence-corrected chi connectivity index (χ2v) is 7.14. The second kappa shape index (κ2) is 6.98. The van der Waals surface area contributed by atoms with Crippen LogP contribution in [0.5, 0.6) is 0 Å². The second-order valence-electron chi connectivity index (χ2n) is 7.14. The maximum absolute atomic E-state index is 5.07. The Kier molecular flexibility index (Phi) is 4.17. The lowest BCUT2D eigenvalue weighted by Crippen LogP contribution is -2.20. The monoisotopic (exact) mass is 380 g/mol. The fourth-order valence-corrected chi connectivity index (χ4v) is 3.63. The van der Waals surface area contributed by atoms with Gasteiger partial charge in [0.25, 0.3) is 5.95 Å². The normalized spacial score (nSPS) is 12.8. The molecule has 5 rings (SSSR count). The number of hydrazone groups is 1. The molecule has 1 aliphatic rings. The van der Waals surface area contributed by atoms with Gasteiger partial charge in [0.05, 0.1) is 12.2 Å². The molecule has 0 amide bonds. The Morgan fingerprint density at radius 2 is 1.76 bits per heavy atom. The van der Waals surface area contributed by atoms with E-state index in [4.69, 9.17) is 5.10 Å². The zero-order valence-electron chi connectivity index (χ0n) is 16.3. The van der Waals surface area contributed by atoms with Gasteiger partial charge >= 0.3 is 0 Å². The first kappa shape index (κ1) is 17.3. The summed E-state index contributed by atoms with van der Waals surface area (Å²) in [4.78, 5) is 4.25. The summed E-state index contributed by atoms with van der Waals surface area (Å²) in [5, 5.41) is 15.8. The van der Waals surface area contributed by atoms with Gasteiger partial charge in [0.2, 0.25) is 0 Å². The molecular weight excluding hydrogens is 360 g/mol. The highest BCUT2D eigenvalue weighted by molar-refractivity contribution is 6.15. The first-order valence-electron chi connectivity index (χ1n) is 9.54. The highest BCUT2D eigenvalue weighted by Crippen LogP contribution is 2.31. The Balaban J connectivity index is 1.76. The fourth-order valence-electron chi connectivity index (χ4n) is 3.63. The van der Waals surface area contributed by atoms with E-state index in [9.17, 15) is 0 Å². The van der Waals surface area contributed by atoms with E-state index in [1.807, 2.05) is 48.5 Å². The number of anilines is 1. The highest BCUT2D eigenvalue weighted by atomic mass is 15.6. The van der Waals surface area contributed by atoms with Gasteiger partial charge in [-0.3, -0.25) is 9.55 Å². The van der Waals surface area contributed by atoms with Crippen molar-refractivity contribution in [3.05, 3.63) is 101 Å². The number of rotatable bonds is 3. The average molecular weight is 380 g/mol. The van der Waals surface area contributed by atoms with Crippen LogP contribution in [0.4, 0.5) is 5.95 Å². The summed E-state index contributed by atoms with van der Waals surface area (Å²) in [5.74, 6) is 1.52. The number of benzene rings is 2. The van der Waals surface area contributed by atoms with Crippen molar-refractivity contribution in [2.45, 2.75) is 20.4 Å². The van der Waals surface area contributed by atoms with E-state index >= 15 is 0 Å². The molecule has 0 saturated heterocycles. The molecular formula is C23H20N6. The van der Waals surface area contributed by atoms with Crippen LogP contribution in [0.3, 0.4) is 0 Å². The Labute approximate surface area is 169 Å². The number of fused-ring (bicyclic) bond motifs is 3. The number of nitrogens with zero attached hydrogens (tertiary/aromatic N) is 6. The third-order valence-corrected chi connectivity index (χ3v) is 5.01. The van der Waals surface area contributed by atoms with E-state index < -0.39 is 0 Å². The molecule has 0 fully saturated rings. The minimum absolute atomic E-state index is 0.551. The van der Waals surface area contributed by atoms with Crippen LogP contribution in [0, 0.1) is 13.8 Å². The minimum Gasteiger partial charge on any atom is -0.264 e. The zero-order chi connectivity index (χ0) is 19.8. The lowest BCUT2D eigenvalue weighted by atomic mass is 9.99. The first-order chi connectivity index (χ1) is 14.2. The van der Waals surface area contributed by atoms with E-state index in [0.29, 0.717) is 12.5 Å². The zero-order valence-corrected chi connectivity index (χ0v) is 16.3. The molecule has 0 N–H and O–H groups in total. The van der Waals surface area contributed by atoms with Crippen LogP contribution < -0.4 is 5.01 Å². The van der Waals surface area contributed by atoms with Crippen LogP contribution >= 0.6 is 0 Å². The average Bonchev–Trinajstić information content (AvgIpc) is 3.08. The Bertz CT molecular complexity index is 1190. The van der Waals surface area contributed by atoms with E-state index in [1.165, 1.54) is 5.56 Å². The van der Waals surface area contributed by atoms with Gasteiger partial charge in [-0.2, -0.15) is 5.10 Å². The number of pyridine rings is 1. The molecule has 2 aromatic carbocycles. The predicted molar refractivity (Wildman–Crippen MR) is 113 cm³/mol. The SMILES string of the molecule is Cc1ccc2c(c1)-n1c(C)nnc1N(Cc1cccnc1)N=C2c1ccccc1. The first-order valence-corrected chi connectivity index (χ1v) is 9.54. The van der Waals surface area contributed by atoms with Crippen molar-refractivity contribution in [3.63, 3.8) is 0 Å². The number of aromatic nitrogens is 4. The van der Waals surface area contributed by atoms with Crippen molar-refractivity contribution in [1.82, 2.24) is 19.7 Å². The van der Waals surface area contributed by atoms with Gasteiger partial charge in [0, 0.05) is 23.5 Å². The van der Waals surface area contributed by atoms with Crippen molar-refractivity contribution in [2.75, 3.05) is 5.01 Å². The number of aryl methyl sites for hydroxylation is 2. The van der Waals surface area contributed by atoms with E-state index in [-0.39, 0.29) is 0 Å². The van der Waals surface area contributed by atoms with Gasteiger partial charge in [0.15, 0.2) is 0 Å². The van der Waals surface area contributed by atoms with Gasteiger partial charge in [-0.25, -0.2) is 5.01 Å². The number of hydrogen-bond donors (Lipinski definition) is 0. The quantitative estimate of drug-likeness (QED) is 0.538. The van der Waals surface area contributed by atoms with Crippen LogP contribution in [-0.4, -0.2) is 25.5 Å². The largest absolute Gasteiger partial charge is 0.264 e. The van der Waals surface area contributed by atoms with Crippen LogP contribution in [0.2, 0.25) is 0 Å². The third kappa shape index (κ3) is 3.08. The maximum Gasteiger partial charge on any atom is 0.252 e. The van der Waals surface area contributed by atoms with E-state index in [2.05, 4.69) is 57.0 Å². The van der Waals surface area contributed by atoms with Crippen molar-refractivity contribution < 1.29 is 0 Å². The predicted octanol–water partition coefficient (Wildman–Crippen LogP) is 4.05. The molecule has 0 bridgehead atoms. The number of hydrogen-bond acceptors (Lipinski definition) is 5. The molecule has 29 heavy (non-hydrogen) atoms. The van der Waals surface area contributed by atoms with Crippen molar-refractivity contribution in [3.8, 4) is 5.69 Å². The minimum atomic E-state index is 0.551. The maximum atomic E-state index is 5.07. The molecule has 4 aromatic rings. The summed E-state index contributed by atoms with van der Waals surface area (Å²) >= 11 is 0. The van der Waals surface area contributed by atoms with Gasteiger partial charge in [0.1, 0.15) is 11.5 Å². The van der Waals surface area contributed by atoms with Gasteiger partial charge in [-0.1, -0.05) is 48.5 Å². The summed E-state index contributed by atoms with van der Waals surface area (Å²) in [6.07, 6.45) is 3.63. The van der Waals surface area contributed by atoms with Gasteiger partial charge in [-0.15, -0.1) is 10.2 Å². The molecule has 1 aliphatic heterocycles. The van der Waals surface area contributed by atoms with Crippen molar-refractivity contribution in [2.24, 2.45) is 5.10 Å². The van der Waals surface area contributed by atoms with Crippen LogP contribution in [-0.2, 0) is 6.54 Å². The van der Waals surface area contributed by atoms with Gasteiger partial charge < -0.3 is 0 Å². The van der Waals surface area contributed by atoms with Crippen LogP contribution in [0.15, 0.2) is 78.2 Å². The summed E-state index contributed by atoms with van der Waals surface area (Å²) in [5.41, 5.74) is 6.30. The fraction of sp³-hybridized carbons (Fsp3) is 0.130. The molecule has 0 spiro atoms. The van der Waals surface area contributed by atoms with E-state index in [1.54, 1.807) is 6.20 Å². The molecule has 0 aliphatic carbocycles. The third-order valence-electron chi connectivity index (χ3n) is 5.01. The summed E-state index contributed by atoms with van der Waals surface area (Å²) in [7, 11) is 0. The Morgan fingerprint density at radius 1 is 0.897 bits per heavy atom. The topological polar surface area (TPSA) is 59.2 Å². The molecule has 142 valence electrons. The molecule has 0 saturated carbocycles. The summed E-state index contributed by atoms with van der Waals surface area (Å²) in [6.45, 7) is 4.62. The highest BCUT2D eigenvalue weighted by Gasteiger charge is 2.26. The Morgan fingerprint density at radius 3 is 2.55 bits per heavy atom. The molecule has 0 unspecified atom stereocenters. The summed E-state index contributed by atoms with van der Waals surface area (Å²) in [6, 6.07) is 20.7. The molecule has 3 heterocycles. The van der Waals surface area contributed by atoms with Crippen molar-refractivity contribution in [1.29, 1.82) is 0 Å². The molecule has 6 nitrogen and oxygen atoms in total. The van der Waals surface area contributed by atoms with Crippen LogP contribution in [0.25, 0.3) is 5.69 Å². The van der Waals surface area contributed by atoms with Gasteiger partial charge in [-0.05, 0) is 37.1 Å². The lowest BCUT2D eigenvalue weighted by Gasteiger charge is -2.17. The lowest BCUT2D eigenvalue weighted by molar-refractivity contribution is 0.793. The Hall–Kier alpha value is -3.80. The van der Waals surface area contributed by atoms with Crippen LogP contribution in [0.1, 0.15) is 28.1 Å². The molecule has 6 heteroatoms. The standard InChI is InChI=1S/C23H20N6/c1-16-10-11-20-21(13-16)29-17(2)25-26-23(29)28(15-18-7-6-12-24-14-18)27-22(20)19-8-4-3-5-9-19/h3-14H,15H2,1-2H3.